The van der Waals surface area contributed by atoms with E-state index < -0.39 is 5.91 Å². The molecule has 1 aliphatic carbocycles. The Kier molecular flexibility index (Phi) is 7.08. The molecule has 7 rings (SSSR count). The second kappa shape index (κ2) is 11.2. The quantitative estimate of drug-likeness (QED) is 0.259. The van der Waals surface area contributed by atoms with Gasteiger partial charge in [-0.2, -0.15) is 10.2 Å². The van der Waals surface area contributed by atoms with Crippen LogP contribution in [0.15, 0.2) is 73.2 Å². The van der Waals surface area contributed by atoms with Crippen LogP contribution in [0, 0.1) is 6.92 Å². The monoisotopic (exact) mass is 573 g/mol. The van der Waals surface area contributed by atoms with E-state index in [1.54, 1.807) is 18.6 Å². The van der Waals surface area contributed by atoms with Gasteiger partial charge in [-0.25, -0.2) is 15.0 Å². The van der Waals surface area contributed by atoms with E-state index in [1.165, 1.54) is 40.5 Å². The van der Waals surface area contributed by atoms with E-state index in [1.807, 2.05) is 25.1 Å². The van der Waals surface area contributed by atoms with E-state index in [9.17, 15) is 9.59 Å². The van der Waals surface area contributed by atoms with E-state index in [0.29, 0.717) is 17.9 Å². The van der Waals surface area contributed by atoms with Gasteiger partial charge in [-0.1, -0.05) is 6.07 Å². The van der Waals surface area contributed by atoms with Crippen LogP contribution >= 0.6 is 0 Å². The van der Waals surface area contributed by atoms with E-state index in [2.05, 4.69) is 37.9 Å². The molecule has 5 N–H and O–H groups in total. The van der Waals surface area contributed by atoms with Crippen LogP contribution in [-0.2, 0) is 12.8 Å². The van der Waals surface area contributed by atoms with Crippen molar-refractivity contribution in [2.45, 2.75) is 26.2 Å². The normalized spacial score (nSPS) is 12.0. The highest BCUT2D eigenvalue weighted by Crippen LogP contribution is 2.33. The molecule has 0 radical (unpaired) electrons. The molecular weight excluding hydrogens is 546 g/mol. The summed E-state index contributed by atoms with van der Waals surface area (Å²) in [5, 5.41) is 17.5. The van der Waals surface area contributed by atoms with Crippen molar-refractivity contribution < 1.29 is 14.7 Å². The smallest absolute Gasteiger partial charge is 0.248 e. The molecule has 12 heteroatoms. The summed E-state index contributed by atoms with van der Waals surface area (Å²) in [7, 11) is 0. The highest BCUT2D eigenvalue weighted by molar-refractivity contribution is 5.95. The van der Waals surface area contributed by atoms with Gasteiger partial charge in [-0.3, -0.25) is 14.2 Å². The lowest BCUT2D eigenvalue weighted by Crippen LogP contribution is -2.10. The molecule has 0 atom stereocenters. The first kappa shape index (κ1) is 27.3. The van der Waals surface area contributed by atoms with Crippen LogP contribution in [-0.4, -0.2) is 51.8 Å². The summed E-state index contributed by atoms with van der Waals surface area (Å²) < 4.78 is 2.07. The number of aromatic hydroxyl groups is 1. The number of aldehydes is 1. The molecule has 214 valence electrons. The lowest BCUT2D eigenvalue weighted by atomic mass is 10.1. The zero-order valence-electron chi connectivity index (χ0n) is 23.2. The highest BCUT2D eigenvalue weighted by Gasteiger charge is 2.22. The van der Waals surface area contributed by atoms with Gasteiger partial charge in [0.1, 0.15) is 17.1 Å². The van der Waals surface area contributed by atoms with E-state index in [-0.39, 0.29) is 16.9 Å². The number of nitrogens with zero attached hydrogens (tertiary/aromatic N) is 7. The van der Waals surface area contributed by atoms with Gasteiger partial charge in [-0.15, -0.1) is 4.80 Å². The molecule has 0 bridgehead atoms. The van der Waals surface area contributed by atoms with E-state index in [4.69, 9.17) is 26.5 Å². The molecular formula is C31H27N9O3. The number of fused-ring (bicyclic) bond motifs is 2. The van der Waals surface area contributed by atoms with Crippen LogP contribution in [0.2, 0.25) is 0 Å². The molecule has 0 aliphatic heterocycles. The second-order valence-corrected chi connectivity index (χ2v) is 10.1. The van der Waals surface area contributed by atoms with Gasteiger partial charge in [0.25, 0.3) is 0 Å². The topological polar surface area (TPSA) is 181 Å². The minimum atomic E-state index is -0.627. The maximum Gasteiger partial charge on any atom is 0.248 e. The standard InChI is InChI=1S/C23H20N8.C8H7NO3/c1-14-12-19(31-26-10-11-27-31)28-23-20(14)29-22(18-6-3-9-25-21(18)24)30(23)17-8-7-15-4-2-5-16(15)13-17;9-8(12)5-1-2-7(11)6(3-5)4-10/h3,6-13H,2,4-5H2,1H3,(H2,24,25);1-4,11H,(H2,9,12). The first-order valence-corrected chi connectivity index (χ1v) is 13.5. The van der Waals surface area contributed by atoms with Crippen molar-refractivity contribution in [2.75, 3.05) is 5.73 Å². The first-order chi connectivity index (χ1) is 20.8. The van der Waals surface area contributed by atoms with Crippen LogP contribution in [0.25, 0.3) is 34.1 Å². The Hall–Kier alpha value is -5.91. The molecule has 0 saturated heterocycles. The lowest BCUT2D eigenvalue weighted by molar-refractivity contribution is 0.1000. The van der Waals surface area contributed by atoms with Gasteiger partial charge in [0.2, 0.25) is 5.91 Å². The zero-order valence-corrected chi connectivity index (χ0v) is 23.2. The van der Waals surface area contributed by atoms with Crippen molar-refractivity contribution in [3.05, 3.63) is 101 Å². The summed E-state index contributed by atoms with van der Waals surface area (Å²) in [6, 6.07) is 16.2. The molecule has 43 heavy (non-hydrogen) atoms. The molecule has 0 saturated carbocycles. The Morgan fingerprint density at radius 2 is 1.77 bits per heavy atom. The number of hydrogen-bond donors (Lipinski definition) is 3. The Labute approximate surface area is 245 Å². The third-order valence-electron chi connectivity index (χ3n) is 7.28. The number of aromatic nitrogens is 7. The van der Waals surface area contributed by atoms with Gasteiger partial charge >= 0.3 is 0 Å². The van der Waals surface area contributed by atoms with Crippen LogP contribution in [0.3, 0.4) is 0 Å². The number of phenols is 1. The zero-order chi connectivity index (χ0) is 30.1. The number of hydrogen-bond acceptors (Lipinski definition) is 9. The fraction of sp³-hybridized carbons (Fsp3) is 0.129. The number of aryl methyl sites for hydroxylation is 3. The maximum absolute atomic E-state index is 10.6. The van der Waals surface area contributed by atoms with Crippen LogP contribution < -0.4 is 11.5 Å². The fourth-order valence-electron chi connectivity index (χ4n) is 5.15. The van der Waals surface area contributed by atoms with E-state index >= 15 is 0 Å². The third kappa shape index (κ3) is 5.17. The maximum atomic E-state index is 10.6. The lowest BCUT2D eigenvalue weighted by Gasteiger charge is -2.12. The average Bonchev–Trinajstić information content (AvgIpc) is 3.78. The number of amides is 1. The molecule has 2 aromatic carbocycles. The van der Waals surface area contributed by atoms with Crippen molar-refractivity contribution in [3.8, 4) is 28.6 Å². The number of primary amides is 1. The largest absolute Gasteiger partial charge is 0.507 e. The summed E-state index contributed by atoms with van der Waals surface area (Å²) in [6.07, 6.45) is 8.85. The second-order valence-electron chi connectivity index (χ2n) is 10.1. The molecule has 0 fully saturated rings. The van der Waals surface area contributed by atoms with Crippen molar-refractivity contribution >= 4 is 29.2 Å². The summed E-state index contributed by atoms with van der Waals surface area (Å²) in [6.45, 7) is 2.02. The Balaban J connectivity index is 0.000000232. The Morgan fingerprint density at radius 1 is 0.977 bits per heavy atom. The Bertz CT molecular complexity index is 2000. The van der Waals surface area contributed by atoms with Crippen LogP contribution in [0.5, 0.6) is 5.75 Å². The average molecular weight is 574 g/mol. The molecule has 12 nitrogen and oxygen atoms in total. The van der Waals surface area contributed by atoms with Gasteiger partial charge < -0.3 is 16.6 Å². The number of imidazole rings is 1. The number of nitrogen functional groups attached to an aromatic ring is 1. The summed E-state index contributed by atoms with van der Waals surface area (Å²) in [4.78, 5) is 36.6. The van der Waals surface area contributed by atoms with Crippen molar-refractivity contribution in [2.24, 2.45) is 5.73 Å². The van der Waals surface area contributed by atoms with Gasteiger partial charge in [0.15, 0.2) is 23.6 Å². The summed E-state index contributed by atoms with van der Waals surface area (Å²) >= 11 is 0. The summed E-state index contributed by atoms with van der Waals surface area (Å²) in [5.41, 5.74) is 18.6. The number of carbonyl (C=O) groups excluding carboxylic acids is 2. The van der Waals surface area contributed by atoms with Gasteiger partial charge in [0.05, 0.1) is 23.5 Å². The summed E-state index contributed by atoms with van der Waals surface area (Å²) in [5.74, 6) is 1.02. The number of anilines is 1. The molecule has 0 unspecified atom stereocenters. The Morgan fingerprint density at radius 3 is 2.51 bits per heavy atom. The number of rotatable bonds is 5. The molecule has 4 heterocycles. The van der Waals surface area contributed by atoms with Crippen molar-refractivity contribution in [3.63, 3.8) is 0 Å². The predicted octanol–water partition coefficient (Wildman–Crippen LogP) is 3.75. The van der Waals surface area contributed by atoms with Gasteiger partial charge in [-0.05, 0) is 91.4 Å². The number of benzene rings is 2. The molecule has 1 amide bonds. The number of carbonyl (C=O) groups is 2. The number of phenolic OH excluding ortho intramolecular Hbond substituents is 1. The van der Waals surface area contributed by atoms with E-state index in [0.717, 1.165) is 46.6 Å². The van der Waals surface area contributed by atoms with Crippen molar-refractivity contribution in [1.82, 2.24) is 34.5 Å². The molecule has 4 aromatic heterocycles. The van der Waals surface area contributed by atoms with Crippen LogP contribution in [0.4, 0.5) is 5.82 Å². The number of nitrogens with two attached hydrogens (primary N) is 2. The molecule has 0 spiro atoms. The number of pyridine rings is 2. The third-order valence-corrected chi connectivity index (χ3v) is 7.28. The fourth-order valence-corrected chi connectivity index (χ4v) is 5.15. The van der Waals surface area contributed by atoms with Crippen molar-refractivity contribution in [1.29, 1.82) is 0 Å². The molecule has 6 aromatic rings. The minimum Gasteiger partial charge on any atom is -0.507 e. The molecule has 1 aliphatic rings. The van der Waals surface area contributed by atoms with Gasteiger partial charge in [0, 0.05) is 17.4 Å². The van der Waals surface area contributed by atoms with Crippen LogP contribution in [0.1, 0.15) is 43.8 Å². The minimum absolute atomic E-state index is 0.0614. The SMILES string of the molecule is Cc1cc(-n2nccn2)nc2c1nc(-c1cccnc1N)n2-c1ccc2c(c1)CCC2.NC(=O)c1ccc(O)c(C=O)c1. The predicted molar refractivity (Wildman–Crippen MR) is 160 cm³/mol. The highest BCUT2D eigenvalue weighted by atomic mass is 16.3. The first-order valence-electron chi connectivity index (χ1n) is 13.5.